The molecule has 0 heterocycles. The van der Waals surface area contributed by atoms with E-state index in [1.807, 2.05) is 60.7 Å². The van der Waals surface area contributed by atoms with Crippen molar-refractivity contribution in [3.63, 3.8) is 0 Å². The first-order valence-electron chi connectivity index (χ1n) is 6.86. The lowest BCUT2D eigenvalue weighted by Gasteiger charge is -2.23. The molecule has 0 radical (unpaired) electrons. The Kier molecular flexibility index (Phi) is 3.94. The van der Waals surface area contributed by atoms with Crippen LogP contribution in [0.5, 0.6) is 0 Å². The summed E-state index contributed by atoms with van der Waals surface area (Å²) in [4.78, 5) is 0.192. The molecule has 0 saturated carbocycles. The van der Waals surface area contributed by atoms with Crippen molar-refractivity contribution in [1.82, 2.24) is 0 Å². The number of allylic oxidation sites excluding steroid dienone is 4. The molecule has 22 heavy (non-hydrogen) atoms. The van der Waals surface area contributed by atoms with Gasteiger partial charge in [-0.25, -0.2) is 0 Å². The molecule has 0 spiro atoms. The molecule has 0 fully saturated rings. The predicted molar refractivity (Wildman–Crippen MR) is 88.2 cm³/mol. The van der Waals surface area contributed by atoms with Crippen molar-refractivity contribution < 1.29 is 13.5 Å². The molecule has 110 valence electrons. The summed E-state index contributed by atoms with van der Waals surface area (Å²) in [5.41, 5.74) is 2.17. The summed E-state index contributed by atoms with van der Waals surface area (Å²) in [5.74, 6) is -0.634. The van der Waals surface area contributed by atoms with Crippen molar-refractivity contribution in [2.75, 3.05) is 0 Å². The quantitative estimate of drug-likeness (QED) is 0.865. The third-order valence-electron chi connectivity index (χ3n) is 3.64. The molecule has 1 atom stereocenters. The Bertz CT molecular complexity index is 868. The van der Waals surface area contributed by atoms with Gasteiger partial charge in [0, 0.05) is 5.57 Å². The second kappa shape index (κ2) is 6.03. The average Bonchev–Trinajstić information content (AvgIpc) is 2.56. The van der Waals surface area contributed by atoms with Gasteiger partial charge in [0.15, 0.2) is 0 Å². The minimum atomic E-state index is -2.44. The highest BCUT2D eigenvalue weighted by molar-refractivity contribution is 7.74. The van der Waals surface area contributed by atoms with Crippen LogP contribution in [-0.2, 0) is 10.3 Å². The van der Waals surface area contributed by atoms with Crippen LogP contribution in [0.1, 0.15) is 17.0 Å². The Morgan fingerprint density at radius 1 is 0.818 bits per heavy atom. The zero-order valence-electron chi connectivity index (χ0n) is 11.7. The lowest BCUT2D eigenvalue weighted by atomic mass is 9.84. The van der Waals surface area contributed by atoms with Gasteiger partial charge < -0.3 is 5.11 Å². The SMILES string of the molecule is O=S(=O)=C1C(c2ccccc2)=CC=C(O)C1c1ccccc1. The number of hydrogen-bond donors (Lipinski definition) is 1. The van der Waals surface area contributed by atoms with Gasteiger partial charge in [-0.15, -0.1) is 0 Å². The summed E-state index contributed by atoms with van der Waals surface area (Å²) in [5, 5.41) is 10.2. The summed E-state index contributed by atoms with van der Waals surface area (Å²) in [6, 6.07) is 18.5. The van der Waals surface area contributed by atoms with E-state index >= 15 is 0 Å². The van der Waals surface area contributed by atoms with E-state index in [0.717, 1.165) is 11.1 Å². The van der Waals surface area contributed by atoms with Gasteiger partial charge in [-0.2, -0.15) is 8.42 Å². The minimum absolute atomic E-state index is 0.0325. The van der Waals surface area contributed by atoms with E-state index in [0.29, 0.717) is 5.57 Å². The van der Waals surface area contributed by atoms with Crippen LogP contribution in [0.25, 0.3) is 5.57 Å². The highest BCUT2D eigenvalue weighted by Crippen LogP contribution is 2.34. The molecule has 0 aromatic heterocycles. The molecular weight excluding hydrogens is 296 g/mol. The fraction of sp³-hybridized carbons (Fsp3) is 0.0556. The van der Waals surface area contributed by atoms with Gasteiger partial charge in [0.1, 0.15) is 5.76 Å². The van der Waals surface area contributed by atoms with Crippen molar-refractivity contribution in [2.24, 2.45) is 0 Å². The molecule has 0 bridgehead atoms. The molecular formula is C18H14O3S. The highest BCUT2D eigenvalue weighted by Gasteiger charge is 2.29. The normalized spacial score (nSPS) is 17.6. The zero-order chi connectivity index (χ0) is 15.5. The van der Waals surface area contributed by atoms with Gasteiger partial charge in [0.2, 0.25) is 10.3 Å². The summed E-state index contributed by atoms with van der Waals surface area (Å²) in [6.07, 6.45) is 3.21. The van der Waals surface area contributed by atoms with Gasteiger partial charge in [0.05, 0.1) is 10.8 Å². The molecule has 2 aromatic carbocycles. The second-order valence-electron chi connectivity index (χ2n) is 4.98. The number of rotatable bonds is 2. The smallest absolute Gasteiger partial charge is 0.219 e. The van der Waals surface area contributed by atoms with Crippen molar-refractivity contribution in [3.8, 4) is 0 Å². The molecule has 1 unspecified atom stereocenters. The molecule has 0 aliphatic heterocycles. The van der Waals surface area contributed by atoms with Crippen LogP contribution in [0, 0.1) is 0 Å². The van der Waals surface area contributed by atoms with E-state index in [1.54, 1.807) is 12.2 Å². The van der Waals surface area contributed by atoms with E-state index in [9.17, 15) is 13.5 Å². The van der Waals surface area contributed by atoms with Crippen LogP contribution in [0.4, 0.5) is 0 Å². The Labute approximate surface area is 130 Å². The molecule has 0 saturated heterocycles. The van der Waals surface area contributed by atoms with Gasteiger partial charge in [-0.05, 0) is 23.3 Å². The first kappa shape index (κ1) is 14.4. The van der Waals surface area contributed by atoms with Crippen LogP contribution < -0.4 is 0 Å². The Morgan fingerprint density at radius 3 is 2.00 bits per heavy atom. The van der Waals surface area contributed by atoms with Gasteiger partial charge >= 0.3 is 0 Å². The van der Waals surface area contributed by atoms with Crippen molar-refractivity contribution in [2.45, 2.75) is 5.92 Å². The van der Waals surface area contributed by atoms with Crippen LogP contribution in [-0.4, -0.2) is 18.4 Å². The number of aliphatic hydroxyl groups is 1. The fourth-order valence-corrected chi connectivity index (χ4v) is 3.46. The van der Waals surface area contributed by atoms with Crippen molar-refractivity contribution in [3.05, 3.63) is 89.7 Å². The number of benzene rings is 2. The molecule has 1 aliphatic carbocycles. The summed E-state index contributed by atoms with van der Waals surface area (Å²) >= 11 is 0. The van der Waals surface area contributed by atoms with Crippen LogP contribution in [0.3, 0.4) is 0 Å². The topological polar surface area (TPSA) is 54.4 Å². The Hall–Kier alpha value is -2.59. The van der Waals surface area contributed by atoms with Gasteiger partial charge in [-0.1, -0.05) is 60.7 Å². The molecule has 2 aromatic rings. The first-order valence-corrected chi connectivity index (χ1v) is 7.93. The fourth-order valence-electron chi connectivity index (χ4n) is 2.65. The molecule has 3 rings (SSSR count). The average molecular weight is 310 g/mol. The van der Waals surface area contributed by atoms with E-state index < -0.39 is 16.2 Å². The third-order valence-corrected chi connectivity index (χ3v) is 4.46. The second-order valence-corrected chi connectivity index (χ2v) is 5.89. The van der Waals surface area contributed by atoms with Crippen molar-refractivity contribution in [1.29, 1.82) is 0 Å². The summed E-state index contributed by atoms with van der Waals surface area (Å²) < 4.78 is 23.7. The maximum atomic E-state index is 11.9. The number of hydrogen-bond acceptors (Lipinski definition) is 3. The van der Waals surface area contributed by atoms with Crippen LogP contribution >= 0.6 is 0 Å². The van der Waals surface area contributed by atoms with Crippen molar-refractivity contribution >= 4 is 20.7 Å². The molecule has 1 aliphatic rings. The Balaban J connectivity index is 2.21. The summed E-state index contributed by atoms with van der Waals surface area (Å²) in [6.45, 7) is 0. The summed E-state index contributed by atoms with van der Waals surface area (Å²) in [7, 11) is -2.44. The Morgan fingerprint density at radius 2 is 1.41 bits per heavy atom. The maximum Gasteiger partial charge on any atom is 0.219 e. The van der Waals surface area contributed by atoms with Gasteiger partial charge in [0.25, 0.3) is 0 Å². The predicted octanol–water partition coefficient (Wildman–Crippen LogP) is 3.36. The monoisotopic (exact) mass is 310 g/mol. The zero-order valence-corrected chi connectivity index (χ0v) is 12.5. The van der Waals surface area contributed by atoms with E-state index in [-0.39, 0.29) is 10.6 Å². The molecule has 3 nitrogen and oxygen atoms in total. The van der Waals surface area contributed by atoms with E-state index in [4.69, 9.17) is 0 Å². The maximum absolute atomic E-state index is 11.9. The molecule has 4 heteroatoms. The largest absolute Gasteiger partial charge is 0.511 e. The number of aliphatic hydroxyl groups excluding tert-OH is 1. The van der Waals surface area contributed by atoms with E-state index in [2.05, 4.69) is 0 Å². The van der Waals surface area contributed by atoms with Crippen LogP contribution in [0.15, 0.2) is 78.6 Å². The third kappa shape index (κ3) is 2.61. The van der Waals surface area contributed by atoms with Gasteiger partial charge in [-0.3, -0.25) is 0 Å². The highest BCUT2D eigenvalue weighted by atomic mass is 32.2. The standard InChI is InChI=1S/C18H14O3S/c19-16-12-11-15(13-7-3-1-4-8-13)18(22(20)21)17(16)14-9-5-2-6-10-14/h1-12,17,19H. The minimum Gasteiger partial charge on any atom is -0.511 e. The molecule has 0 amide bonds. The lowest BCUT2D eigenvalue weighted by molar-refractivity contribution is 0.390. The van der Waals surface area contributed by atoms with E-state index in [1.165, 1.54) is 0 Å². The first-order chi connectivity index (χ1) is 10.7. The lowest BCUT2D eigenvalue weighted by Crippen LogP contribution is -2.20. The van der Waals surface area contributed by atoms with Crippen LogP contribution in [0.2, 0.25) is 0 Å². The molecule has 1 N–H and O–H groups in total.